The van der Waals surface area contributed by atoms with Gasteiger partial charge in [0.25, 0.3) is 5.91 Å². The summed E-state index contributed by atoms with van der Waals surface area (Å²) in [5.41, 5.74) is 0.247. The van der Waals surface area contributed by atoms with Gasteiger partial charge in [-0.1, -0.05) is 38.5 Å². The Kier molecular flexibility index (Phi) is 11.2. The van der Waals surface area contributed by atoms with Crippen LogP contribution in [0.5, 0.6) is 0 Å². The second-order valence-electron chi connectivity index (χ2n) is 6.74. The summed E-state index contributed by atoms with van der Waals surface area (Å²) in [6, 6.07) is 3.34. The predicted octanol–water partition coefficient (Wildman–Crippen LogP) is 2.94. The van der Waals surface area contributed by atoms with Gasteiger partial charge in [0.2, 0.25) is 5.91 Å². The molecule has 156 valence electrons. The molecule has 0 aromatic carbocycles. The lowest BCUT2D eigenvalue weighted by atomic mass is 10.2. The lowest BCUT2D eigenvalue weighted by Gasteiger charge is -2.14. The monoisotopic (exact) mass is 409 g/mol. The third-order valence-electron chi connectivity index (χ3n) is 3.92. The first-order valence-electron chi connectivity index (χ1n) is 9.70. The molecule has 0 fully saturated rings. The van der Waals surface area contributed by atoms with Crippen LogP contribution in [0.2, 0.25) is 0 Å². The molecule has 1 rings (SSSR count). The summed E-state index contributed by atoms with van der Waals surface area (Å²) in [5, 5.41) is 6.10. The molecule has 1 aromatic rings. The fourth-order valence-corrected chi connectivity index (χ4v) is 3.44. The van der Waals surface area contributed by atoms with Crippen LogP contribution in [0.4, 0.5) is 0 Å². The van der Waals surface area contributed by atoms with Crippen molar-refractivity contribution in [2.24, 2.45) is 0 Å². The lowest BCUT2D eigenvalue weighted by Crippen LogP contribution is -2.35. The van der Waals surface area contributed by atoms with E-state index in [9.17, 15) is 14.4 Å². The van der Waals surface area contributed by atoms with Crippen molar-refractivity contribution in [3.05, 3.63) is 23.9 Å². The smallest absolute Gasteiger partial charge is 0.341 e. The van der Waals surface area contributed by atoms with Gasteiger partial charge in [-0.3, -0.25) is 9.59 Å². The Morgan fingerprint density at radius 1 is 1.07 bits per heavy atom. The third-order valence-corrected chi connectivity index (χ3v) is 4.93. The van der Waals surface area contributed by atoms with Crippen molar-refractivity contribution >= 4 is 29.5 Å². The van der Waals surface area contributed by atoms with Crippen molar-refractivity contribution in [3.63, 3.8) is 0 Å². The number of aromatic nitrogens is 1. The Hall–Kier alpha value is -2.09. The number of amides is 2. The molecule has 0 aliphatic heterocycles. The van der Waals surface area contributed by atoms with Crippen molar-refractivity contribution in [2.75, 3.05) is 12.4 Å². The molecule has 0 saturated carbocycles. The number of ether oxygens (including phenoxy) is 1. The number of esters is 1. The lowest BCUT2D eigenvalue weighted by molar-refractivity contribution is -0.125. The molecule has 2 amide bonds. The molecule has 0 saturated heterocycles. The first-order valence-corrected chi connectivity index (χ1v) is 10.7. The summed E-state index contributed by atoms with van der Waals surface area (Å²) in [6.07, 6.45) is 5.28. The second-order valence-corrected chi connectivity index (χ2v) is 7.70. The van der Waals surface area contributed by atoms with Crippen LogP contribution in [0.25, 0.3) is 0 Å². The highest BCUT2D eigenvalue weighted by molar-refractivity contribution is 8.00. The highest BCUT2D eigenvalue weighted by Crippen LogP contribution is 2.20. The van der Waals surface area contributed by atoms with E-state index >= 15 is 0 Å². The average Bonchev–Trinajstić information content (AvgIpc) is 2.65. The van der Waals surface area contributed by atoms with Gasteiger partial charge in [-0.25, -0.2) is 9.78 Å². The fraction of sp³-hybridized carbons (Fsp3) is 0.600. The molecule has 28 heavy (non-hydrogen) atoms. The maximum atomic E-state index is 12.3. The zero-order valence-electron chi connectivity index (χ0n) is 17.1. The summed E-state index contributed by atoms with van der Waals surface area (Å²) in [5.74, 6) is -0.925. The van der Waals surface area contributed by atoms with Gasteiger partial charge in [-0.05, 0) is 38.8 Å². The number of carbonyl (C=O) groups excluding carboxylic acids is 3. The van der Waals surface area contributed by atoms with E-state index in [0.29, 0.717) is 5.03 Å². The van der Waals surface area contributed by atoms with Crippen molar-refractivity contribution in [3.8, 4) is 0 Å². The Bertz CT molecular complexity index is 654. The molecule has 0 aliphatic rings. The van der Waals surface area contributed by atoms with Crippen molar-refractivity contribution in [1.82, 2.24) is 15.6 Å². The standard InChI is InChI=1S/C20H31N3O4S/c1-5-8-14(3)22-17(24)12-27-20(26)16-10-7-11-21-19(16)28-13-18(25)23-15(4)9-6-2/h7,10-11,14-15H,5-6,8-9,12-13H2,1-4H3,(H,22,24)(H,23,25)/t14-,15-/m0/s1. The number of hydrogen-bond donors (Lipinski definition) is 2. The van der Waals surface area contributed by atoms with E-state index in [2.05, 4.69) is 22.5 Å². The van der Waals surface area contributed by atoms with Crippen LogP contribution >= 0.6 is 11.8 Å². The number of hydrogen-bond acceptors (Lipinski definition) is 6. The molecular weight excluding hydrogens is 378 g/mol. The van der Waals surface area contributed by atoms with E-state index in [0.717, 1.165) is 25.7 Å². The van der Waals surface area contributed by atoms with E-state index in [1.165, 1.54) is 11.8 Å². The Balaban J connectivity index is 2.56. The van der Waals surface area contributed by atoms with Gasteiger partial charge in [0.15, 0.2) is 6.61 Å². The van der Waals surface area contributed by atoms with Crippen molar-refractivity contribution in [2.45, 2.75) is 70.5 Å². The topological polar surface area (TPSA) is 97.4 Å². The number of nitrogens with zero attached hydrogens (tertiary/aromatic N) is 1. The second kappa shape index (κ2) is 13.1. The van der Waals surface area contributed by atoms with Gasteiger partial charge in [0, 0.05) is 18.3 Å². The molecule has 0 radical (unpaired) electrons. The van der Waals surface area contributed by atoms with E-state index in [-0.39, 0.29) is 41.8 Å². The molecule has 1 aromatic heterocycles. The van der Waals surface area contributed by atoms with Gasteiger partial charge in [0.05, 0.1) is 11.3 Å². The normalized spacial score (nSPS) is 12.7. The van der Waals surface area contributed by atoms with Crippen LogP contribution in [0.3, 0.4) is 0 Å². The van der Waals surface area contributed by atoms with E-state index < -0.39 is 5.97 Å². The number of nitrogens with one attached hydrogen (secondary N) is 2. The van der Waals surface area contributed by atoms with Gasteiger partial charge in [-0.2, -0.15) is 0 Å². The SMILES string of the molecule is CCC[C@H](C)NC(=O)COC(=O)c1cccnc1SCC(=O)N[C@@H](C)CCC. The van der Waals surface area contributed by atoms with E-state index in [4.69, 9.17) is 4.74 Å². The number of carbonyl (C=O) groups is 3. The highest BCUT2D eigenvalue weighted by atomic mass is 32.2. The molecule has 1 heterocycles. The summed E-state index contributed by atoms with van der Waals surface area (Å²) in [6.45, 7) is 7.62. The molecule has 0 unspecified atom stereocenters. The zero-order chi connectivity index (χ0) is 20.9. The molecule has 2 atom stereocenters. The van der Waals surface area contributed by atoms with Gasteiger partial charge in [-0.15, -0.1) is 0 Å². The minimum absolute atomic E-state index is 0.0364. The zero-order valence-corrected chi connectivity index (χ0v) is 17.9. The Morgan fingerprint density at radius 2 is 1.68 bits per heavy atom. The van der Waals surface area contributed by atoms with Crippen LogP contribution in [0.1, 0.15) is 63.7 Å². The van der Waals surface area contributed by atoms with E-state index in [1.807, 2.05) is 20.8 Å². The predicted molar refractivity (Wildman–Crippen MR) is 110 cm³/mol. The summed E-state index contributed by atoms with van der Waals surface area (Å²) < 4.78 is 5.11. The Labute approximate surface area is 171 Å². The average molecular weight is 410 g/mol. The van der Waals surface area contributed by atoms with Crippen molar-refractivity contribution < 1.29 is 19.1 Å². The van der Waals surface area contributed by atoms with Crippen LogP contribution in [-0.4, -0.2) is 47.2 Å². The van der Waals surface area contributed by atoms with Crippen molar-refractivity contribution in [1.29, 1.82) is 0 Å². The van der Waals surface area contributed by atoms with Crippen LogP contribution in [0, 0.1) is 0 Å². The highest BCUT2D eigenvalue weighted by Gasteiger charge is 2.17. The van der Waals surface area contributed by atoms with Gasteiger partial charge >= 0.3 is 5.97 Å². The number of rotatable bonds is 12. The summed E-state index contributed by atoms with van der Waals surface area (Å²) in [4.78, 5) is 40.4. The van der Waals surface area contributed by atoms with Crippen LogP contribution < -0.4 is 10.6 Å². The van der Waals surface area contributed by atoms with Crippen LogP contribution in [-0.2, 0) is 14.3 Å². The summed E-state index contributed by atoms with van der Waals surface area (Å²) in [7, 11) is 0. The largest absolute Gasteiger partial charge is 0.452 e. The molecule has 0 bridgehead atoms. The first-order chi connectivity index (χ1) is 13.4. The molecule has 8 heteroatoms. The minimum Gasteiger partial charge on any atom is -0.452 e. The minimum atomic E-state index is -0.631. The van der Waals surface area contributed by atoms with Gasteiger partial charge < -0.3 is 15.4 Å². The molecule has 2 N–H and O–H groups in total. The first kappa shape index (κ1) is 23.9. The number of thioether (sulfide) groups is 1. The maximum absolute atomic E-state index is 12.3. The molecule has 0 aliphatic carbocycles. The molecule has 0 spiro atoms. The maximum Gasteiger partial charge on any atom is 0.341 e. The third kappa shape index (κ3) is 9.21. The molecular formula is C20H31N3O4S. The van der Waals surface area contributed by atoms with Crippen LogP contribution in [0.15, 0.2) is 23.4 Å². The molecule has 7 nitrogen and oxygen atoms in total. The Morgan fingerprint density at radius 3 is 2.29 bits per heavy atom. The van der Waals surface area contributed by atoms with Gasteiger partial charge in [0.1, 0.15) is 5.03 Å². The quantitative estimate of drug-likeness (QED) is 0.407. The van der Waals surface area contributed by atoms with E-state index in [1.54, 1.807) is 18.3 Å². The summed E-state index contributed by atoms with van der Waals surface area (Å²) >= 11 is 1.17. The number of pyridine rings is 1. The fourth-order valence-electron chi connectivity index (χ4n) is 2.65.